The minimum atomic E-state index is -1.74. The Morgan fingerprint density at radius 2 is 1.64 bits per heavy atom. The lowest BCUT2D eigenvalue weighted by atomic mass is 9.68. The van der Waals surface area contributed by atoms with Crippen LogP contribution in [0.25, 0.3) is 0 Å². The Labute approximate surface area is 125 Å². The maximum Gasteiger partial charge on any atom is 0.166 e. The SMILES string of the molecule is Cc1ccc(COC23CCC(O)(CC2)C(F)=C3F)c(F)c1F. The van der Waals surface area contributed by atoms with Gasteiger partial charge in [-0.1, -0.05) is 12.1 Å². The summed E-state index contributed by atoms with van der Waals surface area (Å²) in [4.78, 5) is 0. The second-order valence-electron chi connectivity index (χ2n) is 6.11. The van der Waals surface area contributed by atoms with Crippen LogP contribution in [0.3, 0.4) is 0 Å². The number of hydrogen-bond donors (Lipinski definition) is 1. The van der Waals surface area contributed by atoms with E-state index in [1.54, 1.807) is 0 Å². The first-order chi connectivity index (χ1) is 10.3. The van der Waals surface area contributed by atoms with E-state index >= 15 is 0 Å². The van der Waals surface area contributed by atoms with E-state index in [0.717, 1.165) is 0 Å². The van der Waals surface area contributed by atoms with Crippen molar-refractivity contribution in [2.24, 2.45) is 0 Å². The van der Waals surface area contributed by atoms with Gasteiger partial charge in [0.1, 0.15) is 11.2 Å². The summed E-state index contributed by atoms with van der Waals surface area (Å²) in [5.41, 5.74) is -3.10. The van der Waals surface area contributed by atoms with Crippen LogP contribution in [0.1, 0.15) is 36.8 Å². The summed E-state index contributed by atoms with van der Waals surface area (Å²) in [5.74, 6) is -4.33. The predicted octanol–water partition coefficient (Wildman–Crippen LogP) is 4.00. The van der Waals surface area contributed by atoms with Gasteiger partial charge in [-0.15, -0.1) is 0 Å². The Hall–Kier alpha value is -1.40. The van der Waals surface area contributed by atoms with E-state index in [0.29, 0.717) is 0 Å². The van der Waals surface area contributed by atoms with E-state index < -0.39 is 34.5 Å². The van der Waals surface area contributed by atoms with Gasteiger partial charge in [0.05, 0.1) is 6.61 Å². The van der Waals surface area contributed by atoms with Crippen molar-refractivity contribution in [3.63, 3.8) is 0 Å². The Morgan fingerprint density at radius 3 is 2.27 bits per heavy atom. The molecule has 0 aromatic heterocycles. The largest absolute Gasteiger partial charge is 0.383 e. The Bertz CT molecular complexity index is 646. The molecule has 2 bridgehead atoms. The highest BCUT2D eigenvalue weighted by Crippen LogP contribution is 2.53. The quantitative estimate of drug-likeness (QED) is 0.854. The van der Waals surface area contributed by atoms with E-state index in [4.69, 9.17) is 4.74 Å². The molecule has 0 heterocycles. The monoisotopic (exact) mass is 316 g/mol. The third-order valence-electron chi connectivity index (χ3n) is 4.75. The lowest BCUT2D eigenvalue weighted by molar-refractivity contribution is -0.133. The molecule has 0 radical (unpaired) electrons. The van der Waals surface area contributed by atoms with Gasteiger partial charge < -0.3 is 9.84 Å². The molecule has 0 spiro atoms. The van der Waals surface area contributed by atoms with Gasteiger partial charge in [-0.2, -0.15) is 0 Å². The molecule has 6 heteroatoms. The molecule has 1 fully saturated rings. The molecule has 3 aliphatic rings. The van der Waals surface area contributed by atoms with Crippen LogP contribution in [0.5, 0.6) is 0 Å². The van der Waals surface area contributed by atoms with E-state index in [2.05, 4.69) is 0 Å². The highest BCUT2D eigenvalue weighted by molar-refractivity contribution is 5.31. The number of ether oxygens (including phenoxy) is 1. The average Bonchev–Trinajstić information content (AvgIpc) is 2.51. The fraction of sp³-hybridized carbons (Fsp3) is 0.500. The van der Waals surface area contributed by atoms with Crippen molar-refractivity contribution >= 4 is 0 Å². The molecule has 3 aliphatic carbocycles. The Kier molecular flexibility index (Phi) is 3.57. The van der Waals surface area contributed by atoms with Gasteiger partial charge in [0.25, 0.3) is 0 Å². The smallest absolute Gasteiger partial charge is 0.166 e. The van der Waals surface area contributed by atoms with Crippen LogP contribution >= 0.6 is 0 Å². The summed E-state index contributed by atoms with van der Waals surface area (Å²) in [6, 6.07) is 2.77. The van der Waals surface area contributed by atoms with Crippen LogP contribution in [0.2, 0.25) is 0 Å². The molecule has 1 N–H and O–H groups in total. The summed E-state index contributed by atoms with van der Waals surface area (Å²) in [5, 5.41) is 9.93. The zero-order valence-corrected chi connectivity index (χ0v) is 12.1. The van der Waals surface area contributed by atoms with Crippen LogP contribution in [0, 0.1) is 18.6 Å². The van der Waals surface area contributed by atoms with Crippen LogP contribution < -0.4 is 0 Å². The molecule has 0 unspecified atom stereocenters. The van der Waals surface area contributed by atoms with Crippen LogP contribution in [0.15, 0.2) is 23.8 Å². The molecule has 22 heavy (non-hydrogen) atoms. The standard InChI is InChI=1S/C16H16F4O2/c1-9-2-3-10(12(18)11(9)17)8-22-16-6-4-15(21,5-7-16)13(19)14(16)20/h2-3,21H,4-8H2,1H3. The maximum atomic E-state index is 14.2. The zero-order valence-electron chi connectivity index (χ0n) is 12.1. The number of fused-ring (bicyclic) bond motifs is 2. The number of aliphatic hydroxyl groups is 1. The average molecular weight is 316 g/mol. The summed E-state index contributed by atoms with van der Waals surface area (Å²) in [6.45, 7) is 1.07. The second kappa shape index (κ2) is 5.06. The molecule has 1 aromatic rings. The molecular formula is C16H16F4O2. The molecule has 0 aliphatic heterocycles. The van der Waals surface area contributed by atoms with Gasteiger partial charge in [-0.3, -0.25) is 0 Å². The molecule has 1 saturated carbocycles. The first-order valence-electron chi connectivity index (χ1n) is 7.15. The first-order valence-corrected chi connectivity index (χ1v) is 7.15. The van der Waals surface area contributed by atoms with Gasteiger partial charge in [-0.05, 0) is 38.2 Å². The number of hydrogen-bond acceptors (Lipinski definition) is 2. The van der Waals surface area contributed by atoms with E-state index in [9.17, 15) is 22.7 Å². The number of rotatable bonds is 3. The highest BCUT2D eigenvalue weighted by atomic mass is 19.2. The van der Waals surface area contributed by atoms with Gasteiger partial charge in [0, 0.05) is 5.56 Å². The summed E-state index contributed by atoms with van der Waals surface area (Å²) in [6.07, 6.45) is 0.325. The van der Waals surface area contributed by atoms with Crippen LogP contribution in [-0.4, -0.2) is 16.3 Å². The molecule has 0 saturated heterocycles. The fourth-order valence-electron chi connectivity index (χ4n) is 3.13. The van der Waals surface area contributed by atoms with Crippen molar-refractivity contribution in [1.82, 2.24) is 0 Å². The van der Waals surface area contributed by atoms with Crippen LogP contribution in [-0.2, 0) is 11.3 Å². The maximum absolute atomic E-state index is 14.2. The number of benzene rings is 1. The molecule has 1 aromatic carbocycles. The van der Waals surface area contributed by atoms with Crippen molar-refractivity contribution in [2.75, 3.05) is 0 Å². The third kappa shape index (κ3) is 2.16. The molecule has 120 valence electrons. The summed E-state index contributed by atoms with van der Waals surface area (Å²) >= 11 is 0. The van der Waals surface area contributed by atoms with Gasteiger partial charge in [0.2, 0.25) is 0 Å². The number of aryl methyl sites for hydroxylation is 1. The zero-order chi connectivity index (χ0) is 16.1. The lowest BCUT2D eigenvalue weighted by Crippen LogP contribution is -2.51. The van der Waals surface area contributed by atoms with E-state index in [1.165, 1.54) is 19.1 Å². The first kappa shape index (κ1) is 15.5. The van der Waals surface area contributed by atoms with Gasteiger partial charge in [0.15, 0.2) is 23.3 Å². The predicted molar refractivity (Wildman–Crippen MR) is 71.3 cm³/mol. The van der Waals surface area contributed by atoms with Crippen molar-refractivity contribution in [2.45, 2.75) is 50.4 Å². The summed E-state index contributed by atoms with van der Waals surface area (Å²) in [7, 11) is 0. The lowest BCUT2D eigenvalue weighted by Gasteiger charge is -2.47. The third-order valence-corrected chi connectivity index (χ3v) is 4.75. The van der Waals surface area contributed by atoms with Crippen molar-refractivity contribution in [1.29, 1.82) is 0 Å². The van der Waals surface area contributed by atoms with Gasteiger partial charge >= 0.3 is 0 Å². The van der Waals surface area contributed by atoms with Crippen LogP contribution in [0.4, 0.5) is 17.6 Å². The number of halogens is 4. The Morgan fingerprint density at radius 1 is 1.00 bits per heavy atom. The van der Waals surface area contributed by atoms with E-state index in [-0.39, 0.29) is 43.4 Å². The minimum Gasteiger partial charge on any atom is -0.383 e. The van der Waals surface area contributed by atoms with Crippen molar-refractivity contribution in [3.8, 4) is 0 Å². The molecule has 0 atom stereocenters. The fourth-order valence-corrected chi connectivity index (χ4v) is 3.13. The second-order valence-corrected chi connectivity index (χ2v) is 6.11. The molecular weight excluding hydrogens is 300 g/mol. The highest BCUT2D eigenvalue weighted by Gasteiger charge is 2.56. The van der Waals surface area contributed by atoms with E-state index in [1.807, 2.05) is 0 Å². The van der Waals surface area contributed by atoms with Gasteiger partial charge in [-0.25, -0.2) is 17.6 Å². The normalized spacial score (nSPS) is 31.0. The topological polar surface area (TPSA) is 29.5 Å². The Balaban J connectivity index is 1.84. The molecule has 2 nitrogen and oxygen atoms in total. The molecule has 0 amide bonds. The minimum absolute atomic E-state index is 0.0444. The van der Waals surface area contributed by atoms with Crippen molar-refractivity contribution in [3.05, 3.63) is 46.5 Å². The molecule has 4 rings (SSSR count). The van der Waals surface area contributed by atoms with Crippen molar-refractivity contribution < 1.29 is 27.4 Å². The summed E-state index contributed by atoms with van der Waals surface area (Å²) < 4.78 is 60.8.